The van der Waals surface area contributed by atoms with E-state index >= 15 is 0 Å². The van der Waals surface area contributed by atoms with E-state index in [2.05, 4.69) is 33.9 Å². The third-order valence-corrected chi connectivity index (χ3v) is 5.65. The third kappa shape index (κ3) is 4.23. The molecule has 0 amide bonds. The van der Waals surface area contributed by atoms with Crippen molar-refractivity contribution in [3.63, 3.8) is 0 Å². The Kier molecular flexibility index (Phi) is 5.28. The summed E-state index contributed by atoms with van der Waals surface area (Å²) in [6.07, 6.45) is 1.95. The lowest BCUT2D eigenvalue weighted by Gasteiger charge is -2.30. The predicted molar refractivity (Wildman–Crippen MR) is 119 cm³/mol. The Balaban J connectivity index is 1.20. The van der Waals surface area contributed by atoms with E-state index in [1.807, 2.05) is 30.3 Å². The second kappa shape index (κ2) is 8.23. The van der Waals surface area contributed by atoms with Crippen LogP contribution in [-0.4, -0.2) is 34.3 Å². The molecular formula is C23H23ClN4O3. The zero-order valence-electron chi connectivity index (χ0n) is 17.4. The summed E-state index contributed by atoms with van der Waals surface area (Å²) in [6.45, 7) is 5.77. The number of ether oxygens (including phenoxy) is 1. The fourth-order valence-electron chi connectivity index (χ4n) is 3.65. The van der Waals surface area contributed by atoms with E-state index in [4.69, 9.17) is 25.3 Å². The molecule has 4 aromatic rings. The third-order valence-electron chi connectivity index (χ3n) is 5.41. The molecule has 0 spiro atoms. The first-order valence-electron chi connectivity index (χ1n) is 10.5. The summed E-state index contributed by atoms with van der Waals surface area (Å²) < 4.78 is 17.4. The van der Waals surface area contributed by atoms with Gasteiger partial charge in [0.25, 0.3) is 0 Å². The first-order chi connectivity index (χ1) is 15.0. The zero-order valence-corrected chi connectivity index (χ0v) is 18.2. The SMILES string of the molecule is CC(C)c1noc(N2CCC(Oc3ccc(-c4nc5cc(Cl)ccc5o4)cc3)CC2)n1. The Morgan fingerprint density at radius 1 is 1.06 bits per heavy atom. The van der Waals surface area contributed by atoms with Gasteiger partial charge in [0, 0.05) is 42.4 Å². The number of hydrogen-bond donors (Lipinski definition) is 0. The molecular weight excluding hydrogens is 416 g/mol. The van der Waals surface area contributed by atoms with Crippen LogP contribution in [0.3, 0.4) is 0 Å². The number of aromatic nitrogens is 3. The normalized spacial score (nSPS) is 15.2. The minimum atomic E-state index is 0.154. The second-order valence-corrected chi connectivity index (χ2v) is 8.49. The van der Waals surface area contributed by atoms with Crippen LogP contribution in [0.2, 0.25) is 5.02 Å². The van der Waals surface area contributed by atoms with Crippen molar-refractivity contribution in [2.24, 2.45) is 0 Å². The molecule has 5 rings (SSSR count). The standard InChI is InChI=1S/C23H23ClN4O3/c1-14(2)21-26-23(31-27-21)28-11-9-18(10-12-28)29-17-6-3-15(4-7-17)22-25-19-13-16(24)5-8-20(19)30-22/h3-8,13-14,18H,9-12H2,1-2H3. The number of hydrogen-bond acceptors (Lipinski definition) is 7. The van der Waals surface area contributed by atoms with Gasteiger partial charge in [-0.1, -0.05) is 30.6 Å². The van der Waals surface area contributed by atoms with Gasteiger partial charge < -0.3 is 18.6 Å². The molecule has 2 aromatic carbocycles. The number of anilines is 1. The molecule has 160 valence electrons. The molecule has 1 aliphatic heterocycles. The molecule has 0 unspecified atom stereocenters. The molecule has 1 fully saturated rings. The van der Waals surface area contributed by atoms with Crippen LogP contribution in [-0.2, 0) is 0 Å². The van der Waals surface area contributed by atoms with Gasteiger partial charge in [0.15, 0.2) is 11.4 Å². The number of rotatable bonds is 5. The molecule has 31 heavy (non-hydrogen) atoms. The van der Waals surface area contributed by atoms with Crippen molar-refractivity contribution < 1.29 is 13.7 Å². The lowest BCUT2D eigenvalue weighted by molar-refractivity contribution is 0.168. The van der Waals surface area contributed by atoms with Gasteiger partial charge in [-0.15, -0.1) is 0 Å². The maximum Gasteiger partial charge on any atom is 0.324 e. The van der Waals surface area contributed by atoms with Crippen LogP contribution in [0.25, 0.3) is 22.6 Å². The quantitative estimate of drug-likeness (QED) is 0.395. The Morgan fingerprint density at radius 3 is 2.55 bits per heavy atom. The van der Waals surface area contributed by atoms with Crippen LogP contribution in [0.5, 0.6) is 5.75 Å². The zero-order chi connectivity index (χ0) is 21.4. The van der Waals surface area contributed by atoms with Crippen molar-refractivity contribution in [2.45, 2.75) is 38.7 Å². The number of piperidine rings is 1. The predicted octanol–water partition coefficient (Wildman–Crippen LogP) is 5.70. The molecule has 0 bridgehead atoms. The lowest BCUT2D eigenvalue weighted by Crippen LogP contribution is -2.38. The second-order valence-electron chi connectivity index (χ2n) is 8.05. The van der Waals surface area contributed by atoms with Gasteiger partial charge in [-0.05, 0) is 42.5 Å². The van der Waals surface area contributed by atoms with E-state index < -0.39 is 0 Å². The average molecular weight is 439 g/mol. The van der Waals surface area contributed by atoms with Gasteiger partial charge in [0.1, 0.15) is 17.4 Å². The first kappa shape index (κ1) is 19.9. The molecule has 7 nitrogen and oxygen atoms in total. The van der Waals surface area contributed by atoms with E-state index in [0.717, 1.165) is 48.6 Å². The molecule has 8 heteroatoms. The Bertz CT molecular complexity index is 1180. The summed E-state index contributed by atoms with van der Waals surface area (Å²) in [5.41, 5.74) is 2.36. The highest BCUT2D eigenvalue weighted by Crippen LogP contribution is 2.29. The van der Waals surface area contributed by atoms with Crippen molar-refractivity contribution in [1.29, 1.82) is 0 Å². The molecule has 1 aliphatic rings. The monoisotopic (exact) mass is 438 g/mol. The summed E-state index contributed by atoms with van der Waals surface area (Å²) in [7, 11) is 0. The first-order valence-corrected chi connectivity index (χ1v) is 10.8. The summed E-state index contributed by atoms with van der Waals surface area (Å²) in [4.78, 5) is 11.1. The van der Waals surface area contributed by atoms with Crippen LogP contribution in [0.15, 0.2) is 51.4 Å². The summed E-state index contributed by atoms with van der Waals surface area (Å²) in [6, 6.07) is 13.9. The molecule has 1 saturated heterocycles. The summed E-state index contributed by atoms with van der Waals surface area (Å²) in [5.74, 6) is 2.41. The lowest BCUT2D eigenvalue weighted by atomic mass is 10.1. The van der Waals surface area contributed by atoms with Crippen LogP contribution < -0.4 is 9.64 Å². The average Bonchev–Trinajstić information content (AvgIpc) is 3.42. The fraction of sp³-hybridized carbons (Fsp3) is 0.348. The number of halogens is 1. The molecule has 0 saturated carbocycles. The highest BCUT2D eigenvalue weighted by Gasteiger charge is 2.24. The molecule has 3 heterocycles. The Morgan fingerprint density at radius 2 is 1.84 bits per heavy atom. The van der Waals surface area contributed by atoms with Crippen LogP contribution >= 0.6 is 11.6 Å². The smallest absolute Gasteiger partial charge is 0.324 e. The van der Waals surface area contributed by atoms with Gasteiger partial charge in [-0.3, -0.25) is 0 Å². The maximum absolute atomic E-state index is 6.19. The fourth-order valence-corrected chi connectivity index (χ4v) is 3.81. The van der Waals surface area contributed by atoms with Gasteiger partial charge in [0.05, 0.1) is 0 Å². The molecule has 0 atom stereocenters. The minimum absolute atomic E-state index is 0.154. The van der Waals surface area contributed by atoms with Gasteiger partial charge in [0.2, 0.25) is 5.89 Å². The largest absolute Gasteiger partial charge is 0.490 e. The van der Waals surface area contributed by atoms with Crippen molar-refractivity contribution in [1.82, 2.24) is 15.1 Å². The van der Waals surface area contributed by atoms with Crippen molar-refractivity contribution in [3.05, 3.63) is 53.3 Å². The Labute approximate surface area is 185 Å². The molecule has 0 aliphatic carbocycles. The highest BCUT2D eigenvalue weighted by atomic mass is 35.5. The number of fused-ring (bicyclic) bond motifs is 1. The van der Waals surface area contributed by atoms with Crippen molar-refractivity contribution >= 4 is 28.7 Å². The van der Waals surface area contributed by atoms with Crippen molar-refractivity contribution in [2.75, 3.05) is 18.0 Å². The van der Waals surface area contributed by atoms with Crippen molar-refractivity contribution in [3.8, 4) is 17.2 Å². The van der Waals surface area contributed by atoms with E-state index in [9.17, 15) is 0 Å². The molecule has 2 aromatic heterocycles. The maximum atomic E-state index is 6.19. The minimum Gasteiger partial charge on any atom is -0.490 e. The topological polar surface area (TPSA) is 77.4 Å². The number of nitrogens with zero attached hydrogens (tertiary/aromatic N) is 4. The number of benzene rings is 2. The van der Waals surface area contributed by atoms with Gasteiger partial charge in [-0.25, -0.2) is 4.98 Å². The highest BCUT2D eigenvalue weighted by molar-refractivity contribution is 6.31. The summed E-state index contributed by atoms with van der Waals surface area (Å²) in [5, 5.41) is 4.69. The Hall–Kier alpha value is -3.06. The van der Waals surface area contributed by atoms with Crippen LogP contribution in [0, 0.1) is 0 Å². The number of oxazole rings is 1. The van der Waals surface area contributed by atoms with E-state index in [1.54, 1.807) is 12.1 Å². The van der Waals surface area contributed by atoms with E-state index in [-0.39, 0.29) is 12.0 Å². The van der Waals surface area contributed by atoms with E-state index in [1.165, 1.54) is 0 Å². The van der Waals surface area contributed by atoms with Crippen LogP contribution in [0.4, 0.5) is 6.01 Å². The van der Waals surface area contributed by atoms with Gasteiger partial charge in [-0.2, -0.15) is 4.98 Å². The van der Waals surface area contributed by atoms with Crippen LogP contribution in [0.1, 0.15) is 38.4 Å². The van der Waals surface area contributed by atoms with Gasteiger partial charge >= 0.3 is 6.01 Å². The van der Waals surface area contributed by atoms with E-state index in [0.29, 0.717) is 22.5 Å². The summed E-state index contributed by atoms with van der Waals surface area (Å²) >= 11 is 6.03. The molecule has 0 radical (unpaired) electrons. The molecule has 0 N–H and O–H groups in total.